The lowest BCUT2D eigenvalue weighted by molar-refractivity contribution is 0.0925. The number of hydrogen-bond acceptors (Lipinski definition) is 3. The molecule has 0 saturated carbocycles. The van der Waals surface area contributed by atoms with Crippen LogP contribution in [0.5, 0.6) is 0 Å². The number of rotatable bonds is 5. The maximum atomic E-state index is 12.6. The summed E-state index contributed by atoms with van der Waals surface area (Å²) in [7, 11) is 0. The van der Waals surface area contributed by atoms with Crippen LogP contribution in [0, 0.1) is 0 Å². The van der Waals surface area contributed by atoms with Crippen LogP contribution in [0.15, 0.2) is 71.1 Å². The summed E-state index contributed by atoms with van der Waals surface area (Å²) < 4.78 is 5.80. The average molecular weight is 384 g/mol. The van der Waals surface area contributed by atoms with Crippen molar-refractivity contribution in [2.24, 2.45) is 0 Å². The molecule has 4 heteroatoms. The van der Waals surface area contributed by atoms with Gasteiger partial charge in [0.15, 0.2) is 5.76 Å². The highest BCUT2D eigenvalue weighted by Crippen LogP contribution is 2.28. The predicted molar refractivity (Wildman–Crippen MR) is 116 cm³/mol. The van der Waals surface area contributed by atoms with E-state index in [0.717, 1.165) is 33.8 Å². The van der Waals surface area contributed by atoms with E-state index in [1.165, 1.54) is 31.5 Å². The van der Waals surface area contributed by atoms with Gasteiger partial charge in [0.25, 0.3) is 5.91 Å². The number of hydrogen-bond donors (Lipinski definition) is 1. The highest BCUT2D eigenvalue weighted by molar-refractivity contribution is 6.08. The second-order valence-corrected chi connectivity index (χ2v) is 7.79. The molecule has 0 aliphatic carbocycles. The zero-order chi connectivity index (χ0) is 19.6. The summed E-state index contributed by atoms with van der Waals surface area (Å²) >= 11 is 0. The Bertz CT molecular complexity index is 1150. The molecule has 1 saturated heterocycles. The molecular weight excluding hydrogens is 360 g/mol. The third-order valence-corrected chi connectivity index (χ3v) is 5.73. The molecule has 1 amide bonds. The first kappa shape index (κ1) is 18.0. The molecule has 1 aliphatic heterocycles. The number of amides is 1. The number of fused-ring (bicyclic) bond motifs is 3. The molecule has 0 spiro atoms. The third-order valence-electron chi connectivity index (χ3n) is 5.73. The predicted octanol–water partition coefficient (Wildman–Crippen LogP) is 5.11. The highest BCUT2D eigenvalue weighted by Gasteiger charge is 2.14. The summed E-state index contributed by atoms with van der Waals surface area (Å²) in [4.78, 5) is 15.1. The average Bonchev–Trinajstić information content (AvgIpc) is 3.43. The topological polar surface area (TPSA) is 45.5 Å². The van der Waals surface area contributed by atoms with Gasteiger partial charge in [-0.25, -0.2) is 0 Å². The van der Waals surface area contributed by atoms with Crippen LogP contribution in [0.2, 0.25) is 0 Å². The van der Waals surface area contributed by atoms with Crippen LogP contribution >= 0.6 is 0 Å². The fraction of sp³-hybridized carbons (Fsp3) is 0.240. The molecular formula is C25H24N2O2. The Balaban J connectivity index is 1.26. The minimum absolute atomic E-state index is 0.188. The second-order valence-electron chi connectivity index (χ2n) is 7.79. The van der Waals surface area contributed by atoms with Crippen LogP contribution < -0.4 is 5.32 Å². The lowest BCUT2D eigenvalue weighted by Gasteiger charge is -2.14. The fourth-order valence-electron chi connectivity index (χ4n) is 4.14. The Labute approximate surface area is 170 Å². The summed E-state index contributed by atoms with van der Waals surface area (Å²) in [6.45, 7) is 3.90. The van der Waals surface area contributed by atoms with Crippen LogP contribution in [0.3, 0.4) is 0 Å². The van der Waals surface area contributed by atoms with Crippen molar-refractivity contribution in [2.45, 2.75) is 25.9 Å². The van der Waals surface area contributed by atoms with E-state index < -0.39 is 0 Å². The molecule has 0 bridgehead atoms. The largest absolute Gasteiger partial charge is 0.451 e. The van der Waals surface area contributed by atoms with Crippen molar-refractivity contribution < 1.29 is 9.21 Å². The molecule has 0 atom stereocenters. The number of carbonyl (C=O) groups is 1. The van der Waals surface area contributed by atoms with Crippen LogP contribution in [0.25, 0.3) is 21.7 Å². The van der Waals surface area contributed by atoms with Crippen LogP contribution in [-0.4, -0.2) is 23.9 Å². The van der Waals surface area contributed by atoms with E-state index in [1.807, 2.05) is 30.3 Å². The Hall–Kier alpha value is -3.11. The second kappa shape index (κ2) is 7.72. The summed E-state index contributed by atoms with van der Waals surface area (Å²) in [5.41, 5.74) is 3.15. The lowest BCUT2D eigenvalue weighted by Crippen LogP contribution is -2.22. The van der Waals surface area contributed by atoms with E-state index in [9.17, 15) is 4.79 Å². The minimum atomic E-state index is -0.188. The number of nitrogens with zero attached hydrogens (tertiary/aromatic N) is 1. The molecule has 2 heterocycles. The van der Waals surface area contributed by atoms with E-state index in [-0.39, 0.29) is 5.91 Å². The van der Waals surface area contributed by atoms with E-state index in [2.05, 4.69) is 46.6 Å². The summed E-state index contributed by atoms with van der Waals surface area (Å²) in [5.74, 6) is 0.161. The number of likely N-dealkylation sites (tertiary alicyclic amines) is 1. The Morgan fingerprint density at radius 3 is 2.48 bits per heavy atom. The molecule has 1 fully saturated rings. The van der Waals surface area contributed by atoms with Crippen LogP contribution in [0.4, 0.5) is 0 Å². The van der Waals surface area contributed by atoms with Gasteiger partial charge in [-0.05, 0) is 60.0 Å². The van der Waals surface area contributed by atoms with Crippen molar-refractivity contribution >= 4 is 27.6 Å². The summed E-state index contributed by atoms with van der Waals surface area (Å²) in [5, 5.41) is 6.18. The number of benzene rings is 3. The van der Waals surface area contributed by atoms with Crippen molar-refractivity contribution in [1.82, 2.24) is 10.2 Å². The van der Waals surface area contributed by atoms with E-state index in [0.29, 0.717) is 12.3 Å². The number of furan rings is 1. The maximum Gasteiger partial charge on any atom is 0.287 e. The molecule has 5 rings (SSSR count). The van der Waals surface area contributed by atoms with Gasteiger partial charge in [-0.2, -0.15) is 0 Å². The number of nitrogens with one attached hydrogen (secondary N) is 1. The lowest BCUT2D eigenvalue weighted by atomic mass is 10.1. The first-order valence-corrected chi connectivity index (χ1v) is 10.3. The Kier molecular flexibility index (Phi) is 4.78. The van der Waals surface area contributed by atoms with Gasteiger partial charge in [-0.15, -0.1) is 0 Å². The molecule has 146 valence electrons. The van der Waals surface area contributed by atoms with Crippen LogP contribution in [0.1, 0.15) is 34.5 Å². The molecule has 29 heavy (non-hydrogen) atoms. The first-order chi connectivity index (χ1) is 14.3. The van der Waals surface area contributed by atoms with Gasteiger partial charge in [0.2, 0.25) is 0 Å². The first-order valence-electron chi connectivity index (χ1n) is 10.3. The molecule has 3 aromatic carbocycles. The van der Waals surface area contributed by atoms with Crippen molar-refractivity contribution in [3.05, 3.63) is 83.6 Å². The Morgan fingerprint density at radius 2 is 1.66 bits per heavy atom. The molecule has 1 N–H and O–H groups in total. The smallest absolute Gasteiger partial charge is 0.287 e. The van der Waals surface area contributed by atoms with Gasteiger partial charge in [0.05, 0.1) is 0 Å². The molecule has 0 unspecified atom stereocenters. The van der Waals surface area contributed by atoms with Gasteiger partial charge in [0.1, 0.15) is 5.58 Å². The normalized spacial score (nSPS) is 14.6. The van der Waals surface area contributed by atoms with E-state index in [4.69, 9.17) is 4.42 Å². The van der Waals surface area contributed by atoms with Crippen molar-refractivity contribution in [3.8, 4) is 0 Å². The molecule has 1 aromatic heterocycles. The van der Waals surface area contributed by atoms with E-state index >= 15 is 0 Å². The number of carbonyl (C=O) groups excluding carboxylic acids is 1. The highest BCUT2D eigenvalue weighted by atomic mass is 16.3. The van der Waals surface area contributed by atoms with Crippen molar-refractivity contribution in [2.75, 3.05) is 13.1 Å². The summed E-state index contributed by atoms with van der Waals surface area (Å²) in [6, 6.07) is 22.4. The van der Waals surface area contributed by atoms with Crippen LogP contribution in [-0.2, 0) is 13.1 Å². The maximum absolute atomic E-state index is 12.6. The molecule has 4 nitrogen and oxygen atoms in total. The van der Waals surface area contributed by atoms with Crippen molar-refractivity contribution in [1.29, 1.82) is 0 Å². The molecule has 1 aliphatic rings. The quantitative estimate of drug-likeness (QED) is 0.520. The van der Waals surface area contributed by atoms with Crippen molar-refractivity contribution in [3.63, 3.8) is 0 Å². The standard InChI is InChI=1S/C25H24N2O2/c28-25(24-15-22-21-6-2-1-5-20(21)11-12-23(22)29-24)26-16-18-7-9-19(10-8-18)17-27-13-3-4-14-27/h1-2,5-12,15H,3-4,13-14,16-17H2,(H,26,28). The van der Waals surface area contributed by atoms with E-state index in [1.54, 1.807) is 0 Å². The van der Waals surface area contributed by atoms with Gasteiger partial charge < -0.3 is 9.73 Å². The molecule has 4 aromatic rings. The van der Waals surface area contributed by atoms with Gasteiger partial charge in [0, 0.05) is 18.5 Å². The minimum Gasteiger partial charge on any atom is -0.451 e. The van der Waals surface area contributed by atoms with Gasteiger partial charge in [-0.3, -0.25) is 9.69 Å². The zero-order valence-corrected chi connectivity index (χ0v) is 16.4. The third kappa shape index (κ3) is 3.76. The molecule has 0 radical (unpaired) electrons. The Morgan fingerprint density at radius 1 is 0.897 bits per heavy atom. The zero-order valence-electron chi connectivity index (χ0n) is 16.4. The van der Waals surface area contributed by atoms with Gasteiger partial charge >= 0.3 is 0 Å². The monoisotopic (exact) mass is 384 g/mol. The fourth-order valence-corrected chi connectivity index (χ4v) is 4.14. The summed E-state index contributed by atoms with van der Waals surface area (Å²) in [6.07, 6.45) is 2.61. The van der Waals surface area contributed by atoms with Gasteiger partial charge in [-0.1, -0.05) is 54.6 Å². The SMILES string of the molecule is O=C(NCc1ccc(CN2CCCC2)cc1)c1cc2c(ccc3ccccc32)o1.